The lowest BCUT2D eigenvalue weighted by Gasteiger charge is -2.03. The zero-order chi connectivity index (χ0) is 11.1. The second-order valence-corrected chi connectivity index (χ2v) is 3.40. The van der Waals surface area contributed by atoms with Gasteiger partial charge in [0.2, 0.25) is 0 Å². The van der Waals surface area contributed by atoms with Crippen molar-refractivity contribution in [2.45, 2.75) is 19.8 Å². The summed E-state index contributed by atoms with van der Waals surface area (Å²) in [5.41, 5.74) is 1.64. The van der Waals surface area contributed by atoms with E-state index >= 15 is 0 Å². The van der Waals surface area contributed by atoms with Gasteiger partial charge in [0.15, 0.2) is 0 Å². The lowest BCUT2D eigenvalue weighted by Crippen LogP contribution is -2.06. The van der Waals surface area contributed by atoms with E-state index in [0.29, 0.717) is 18.4 Å². The van der Waals surface area contributed by atoms with Gasteiger partial charge in [-0.25, -0.2) is 4.79 Å². The lowest BCUT2D eigenvalue weighted by atomic mass is 10.1. The SMILES string of the molecule is Cc1ccc(C(=O)OCCCCF)cc1. The third-order valence-electron chi connectivity index (χ3n) is 2.05. The molecule has 0 atom stereocenters. The number of unbranched alkanes of at least 4 members (excludes halogenated alkanes) is 1. The van der Waals surface area contributed by atoms with Crippen LogP contribution in [0.1, 0.15) is 28.8 Å². The summed E-state index contributed by atoms with van der Waals surface area (Å²) >= 11 is 0. The van der Waals surface area contributed by atoms with Crippen molar-refractivity contribution in [3.8, 4) is 0 Å². The van der Waals surface area contributed by atoms with Gasteiger partial charge in [-0.05, 0) is 31.9 Å². The Morgan fingerprint density at radius 3 is 2.53 bits per heavy atom. The quantitative estimate of drug-likeness (QED) is 0.551. The van der Waals surface area contributed by atoms with E-state index < -0.39 is 0 Å². The number of aryl methyl sites for hydroxylation is 1. The molecule has 0 aromatic heterocycles. The third-order valence-corrected chi connectivity index (χ3v) is 2.05. The Kier molecular flexibility index (Phi) is 4.81. The van der Waals surface area contributed by atoms with E-state index in [9.17, 15) is 9.18 Å². The standard InChI is InChI=1S/C12H15FO2/c1-10-4-6-11(7-5-10)12(14)15-9-3-2-8-13/h4-7H,2-3,8-9H2,1H3. The number of halogens is 1. The monoisotopic (exact) mass is 210 g/mol. The second kappa shape index (κ2) is 6.17. The number of esters is 1. The molecule has 1 aromatic carbocycles. The Hall–Kier alpha value is -1.38. The highest BCUT2D eigenvalue weighted by atomic mass is 19.1. The van der Waals surface area contributed by atoms with Crippen molar-refractivity contribution in [3.63, 3.8) is 0 Å². The average molecular weight is 210 g/mol. The van der Waals surface area contributed by atoms with E-state index in [1.807, 2.05) is 19.1 Å². The molecule has 0 spiro atoms. The van der Waals surface area contributed by atoms with Crippen molar-refractivity contribution in [1.82, 2.24) is 0 Å². The molecule has 0 bridgehead atoms. The van der Waals surface area contributed by atoms with Gasteiger partial charge in [-0.2, -0.15) is 0 Å². The Morgan fingerprint density at radius 1 is 1.27 bits per heavy atom. The highest BCUT2D eigenvalue weighted by Gasteiger charge is 2.05. The maximum atomic E-state index is 11.7. The van der Waals surface area contributed by atoms with Crippen LogP contribution in [0.2, 0.25) is 0 Å². The second-order valence-electron chi connectivity index (χ2n) is 3.40. The zero-order valence-corrected chi connectivity index (χ0v) is 8.83. The number of hydrogen-bond acceptors (Lipinski definition) is 2. The van der Waals surface area contributed by atoms with Crippen LogP contribution >= 0.6 is 0 Å². The summed E-state index contributed by atoms with van der Waals surface area (Å²) in [5, 5.41) is 0. The third kappa shape index (κ3) is 4.11. The molecular weight excluding hydrogens is 195 g/mol. The van der Waals surface area contributed by atoms with E-state index in [-0.39, 0.29) is 19.3 Å². The van der Waals surface area contributed by atoms with E-state index in [1.165, 1.54) is 0 Å². The summed E-state index contributed by atoms with van der Waals surface area (Å²) in [5.74, 6) is -0.339. The molecule has 0 heterocycles. The van der Waals surface area contributed by atoms with Gasteiger partial charge >= 0.3 is 5.97 Å². The minimum Gasteiger partial charge on any atom is -0.462 e. The molecule has 2 nitrogen and oxygen atoms in total. The molecule has 0 saturated carbocycles. The van der Waals surface area contributed by atoms with Crippen LogP contribution in [0, 0.1) is 6.92 Å². The molecule has 0 aliphatic heterocycles. The van der Waals surface area contributed by atoms with Crippen molar-refractivity contribution in [2.24, 2.45) is 0 Å². The molecule has 0 N–H and O–H groups in total. The Bertz CT molecular complexity index is 306. The van der Waals surface area contributed by atoms with Crippen molar-refractivity contribution < 1.29 is 13.9 Å². The first-order valence-electron chi connectivity index (χ1n) is 5.04. The normalized spacial score (nSPS) is 10.0. The fourth-order valence-corrected chi connectivity index (χ4v) is 1.13. The molecule has 1 rings (SSSR count). The highest BCUT2D eigenvalue weighted by Crippen LogP contribution is 2.05. The molecule has 0 saturated heterocycles. The van der Waals surface area contributed by atoms with Crippen LogP contribution in [0.15, 0.2) is 24.3 Å². The van der Waals surface area contributed by atoms with Crippen molar-refractivity contribution in [2.75, 3.05) is 13.3 Å². The Morgan fingerprint density at radius 2 is 1.93 bits per heavy atom. The van der Waals surface area contributed by atoms with Crippen LogP contribution in [0.3, 0.4) is 0 Å². The van der Waals surface area contributed by atoms with Gasteiger partial charge in [0.05, 0.1) is 18.8 Å². The van der Waals surface area contributed by atoms with Crippen LogP contribution in [0.4, 0.5) is 4.39 Å². The average Bonchev–Trinajstić information content (AvgIpc) is 2.25. The molecular formula is C12H15FO2. The van der Waals surface area contributed by atoms with Gasteiger partial charge in [0, 0.05) is 0 Å². The largest absolute Gasteiger partial charge is 0.462 e. The maximum Gasteiger partial charge on any atom is 0.338 e. The van der Waals surface area contributed by atoms with Crippen LogP contribution in [-0.4, -0.2) is 19.3 Å². The first-order valence-corrected chi connectivity index (χ1v) is 5.04. The van der Waals surface area contributed by atoms with Crippen molar-refractivity contribution >= 4 is 5.97 Å². The maximum absolute atomic E-state index is 11.7. The minimum absolute atomic E-state index is 0.288. The summed E-state index contributed by atoms with van der Waals surface area (Å²) in [6.45, 7) is 1.88. The molecule has 0 fully saturated rings. The van der Waals surface area contributed by atoms with Gasteiger partial charge in [-0.3, -0.25) is 4.39 Å². The Balaban J connectivity index is 2.37. The molecule has 82 valence electrons. The summed E-state index contributed by atoms with van der Waals surface area (Å²) < 4.78 is 16.7. The first kappa shape index (κ1) is 11.7. The number of ether oxygens (including phenoxy) is 1. The smallest absolute Gasteiger partial charge is 0.338 e. The molecule has 1 aromatic rings. The fraction of sp³-hybridized carbons (Fsp3) is 0.417. The van der Waals surface area contributed by atoms with Gasteiger partial charge in [-0.15, -0.1) is 0 Å². The van der Waals surface area contributed by atoms with E-state index in [0.717, 1.165) is 5.56 Å². The summed E-state index contributed by atoms with van der Waals surface area (Å²) in [6, 6.07) is 7.18. The predicted molar refractivity (Wildman–Crippen MR) is 56.7 cm³/mol. The molecule has 0 amide bonds. The number of benzene rings is 1. The summed E-state index contributed by atoms with van der Waals surface area (Å²) in [6.07, 6.45) is 1.02. The predicted octanol–water partition coefficient (Wildman–Crippen LogP) is 2.90. The van der Waals surface area contributed by atoms with Gasteiger partial charge in [-0.1, -0.05) is 17.7 Å². The van der Waals surface area contributed by atoms with Gasteiger partial charge in [0.25, 0.3) is 0 Å². The van der Waals surface area contributed by atoms with Gasteiger partial charge < -0.3 is 4.74 Å². The molecule has 0 unspecified atom stereocenters. The summed E-state index contributed by atoms with van der Waals surface area (Å²) in [4.78, 5) is 11.4. The number of hydrogen-bond donors (Lipinski definition) is 0. The van der Waals surface area contributed by atoms with Crippen LogP contribution in [0.25, 0.3) is 0 Å². The lowest BCUT2D eigenvalue weighted by molar-refractivity contribution is 0.0496. The van der Waals surface area contributed by atoms with Crippen LogP contribution < -0.4 is 0 Å². The fourth-order valence-electron chi connectivity index (χ4n) is 1.13. The zero-order valence-electron chi connectivity index (χ0n) is 8.83. The van der Waals surface area contributed by atoms with Crippen molar-refractivity contribution in [3.05, 3.63) is 35.4 Å². The number of alkyl halides is 1. The molecule has 0 aliphatic rings. The molecule has 0 radical (unpaired) electrons. The first-order chi connectivity index (χ1) is 7.24. The minimum atomic E-state index is -0.359. The summed E-state index contributed by atoms with van der Waals surface area (Å²) in [7, 11) is 0. The van der Waals surface area contributed by atoms with E-state index in [4.69, 9.17) is 4.74 Å². The van der Waals surface area contributed by atoms with Crippen LogP contribution in [0.5, 0.6) is 0 Å². The number of rotatable bonds is 5. The van der Waals surface area contributed by atoms with E-state index in [1.54, 1.807) is 12.1 Å². The number of carbonyl (C=O) groups excluding carboxylic acids is 1. The van der Waals surface area contributed by atoms with Crippen LogP contribution in [-0.2, 0) is 4.74 Å². The molecule has 3 heteroatoms. The van der Waals surface area contributed by atoms with Gasteiger partial charge in [0.1, 0.15) is 0 Å². The number of carbonyl (C=O) groups is 1. The van der Waals surface area contributed by atoms with E-state index in [2.05, 4.69) is 0 Å². The molecule has 15 heavy (non-hydrogen) atoms. The van der Waals surface area contributed by atoms with Crippen molar-refractivity contribution in [1.29, 1.82) is 0 Å². The molecule has 0 aliphatic carbocycles. The Labute approximate surface area is 89.1 Å². The topological polar surface area (TPSA) is 26.3 Å². The highest BCUT2D eigenvalue weighted by molar-refractivity contribution is 5.89.